The lowest BCUT2D eigenvalue weighted by atomic mass is 9.96. The maximum atomic E-state index is 13.1. The van der Waals surface area contributed by atoms with Crippen molar-refractivity contribution in [1.82, 2.24) is 19.4 Å². The Morgan fingerprint density at radius 1 is 1.07 bits per heavy atom. The van der Waals surface area contributed by atoms with E-state index in [1.807, 2.05) is 41.0 Å². The van der Waals surface area contributed by atoms with Crippen LogP contribution in [0.1, 0.15) is 26.7 Å². The normalized spacial score (nSPS) is 21.0. The topological polar surface area (TPSA) is 61.7 Å². The number of para-hydroxylation sites is 2. The minimum Gasteiger partial charge on any atom is -0.351 e. The van der Waals surface area contributed by atoms with Gasteiger partial charge in [-0.1, -0.05) is 19.1 Å². The van der Waals surface area contributed by atoms with Gasteiger partial charge in [-0.15, -0.1) is 0 Å². The molecule has 7 heteroatoms. The Labute approximate surface area is 171 Å². The minimum absolute atomic E-state index is 0.0559. The van der Waals surface area contributed by atoms with Gasteiger partial charge in [-0.2, -0.15) is 0 Å². The number of carbonyl (C=O) groups is 1. The van der Waals surface area contributed by atoms with Crippen molar-refractivity contribution >= 4 is 22.8 Å². The summed E-state index contributed by atoms with van der Waals surface area (Å²) in [5, 5.41) is 0. The SMILES string of the molecule is CCN1CCN(C(=O)[C@@H]2CCCN(c3nc4ccccc4n(CC)c3=O)C2)CC1. The Hall–Kier alpha value is -2.41. The molecular formula is C22H31N5O2. The maximum Gasteiger partial charge on any atom is 0.293 e. The zero-order chi connectivity index (χ0) is 20.4. The summed E-state index contributed by atoms with van der Waals surface area (Å²) >= 11 is 0. The highest BCUT2D eigenvalue weighted by Crippen LogP contribution is 2.23. The van der Waals surface area contributed by atoms with Crippen molar-refractivity contribution in [3.63, 3.8) is 0 Å². The van der Waals surface area contributed by atoms with E-state index < -0.39 is 0 Å². The third-order valence-corrected chi connectivity index (χ3v) is 6.35. The predicted molar refractivity (Wildman–Crippen MR) is 115 cm³/mol. The lowest BCUT2D eigenvalue weighted by Gasteiger charge is -2.39. The molecule has 2 aromatic rings. The van der Waals surface area contributed by atoms with Gasteiger partial charge >= 0.3 is 0 Å². The number of rotatable bonds is 4. The van der Waals surface area contributed by atoms with Gasteiger partial charge in [0.1, 0.15) is 0 Å². The van der Waals surface area contributed by atoms with Crippen molar-refractivity contribution in [2.45, 2.75) is 33.2 Å². The van der Waals surface area contributed by atoms with E-state index in [-0.39, 0.29) is 17.4 Å². The van der Waals surface area contributed by atoms with E-state index >= 15 is 0 Å². The molecule has 2 fully saturated rings. The molecule has 0 N–H and O–H groups in total. The molecule has 0 radical (unpaired) electrons. The number of likely N-dealkylation sites (N-methyl/N-ethyl adjacent to an activating group) is 1. The van der Waals surface area contributed by atoms with Crippen LogP contribution in [0.2, 0.25) is 0 Å². The molecule has 3 heterocycles. The number of hydrogen-bond acceptors (Lipinski definition) is 5. The van der Waals surface area contributed by atoms with Crippen molar-refractivity contribution in [2.24, 2.45) is 5.92 Å². The largest absolute Gasteiger partial charge is 0.351 e. The lowest BCUT2D eigenvalue weighted by Crippen LogP contribution is -2.52. The van der Waals surface area contributed by atoms with Crippen LogP contribution in [0, 0.1) is 5.92 Å². The fourth-order valence-corrected chi connectivity index (χ4v) is 4.61. The summed E-state index contributed by atoms with van der Waals surface area (Å²) in [6.07, 6.45) is 1.80. The molecule has 2 aliphatic rings. The summed E-state index contributed by atoms with van der Waals surface area (Å²) in [5.41, 5.74) is 1.63. The number of piperazine rings is 1. The van der Waals surface area contributed by atoms with Gasteiger partial charge in [0.05, 0.1) is 17.0 Å². The first-order valence-corrected chi connectivity index (χ1v) is 10.9. The summed E-state index contributed by atoms with van der Waals surface area (Å²) in [6, 6.07) is 7.77. The highest BCUT2D eigenvalue weighted by atomic mass is 16.2. The summed E-state index contributed by atoms with van der Waals surface area (Å²) in [6.45, 7) is 10.7. The van der Waals surface area contributed by atoms with E-state index in [4.69, 9.17) is 4.98 Å². The van der Waals surface area contributed by atoms with Gasteiger partial charge in [0.2, 0.25) is 5.91 Å². The number of aromatic nitrogens is 2. The second kappa shape index (κ2) is 8.53. The van der Waals surface area contributed by atoms with Gasteiger partial charge in [-0.05, 0) is 38.4 Å². The van der Waals surface area contributed by atoms with Crippen LogP contribution in [-0.4, -0.2) is 71.1 Å². The van der Waals surface area contributed by atoms with Gasteiger partial charge in [0.15, 0.2) is 5.82 Å². The molecule has 2 saturated heterocycles. The van der Waals surface area contributed by atoms with E-state index in [2.05, 4.69) is 11.8 Å². The Balaban J connectivity index is 1.55. The summed E-state index contributed by atoms with van der Waals surface area (Å²) in [4.78, 5) is 37.4. The number of nitrogens with zero attached hydrogens (tertiary/aromatic N) is 5. The quantitative estimate of drug-likeness (QED) is 0.787. The van der Waals surface area contributed by atoms with E-state index in [0.717, 1.165) is 63.1 Å². The first-order chi connectivity index (χ1) is 14.1. The molecule has 0 aliphatic carbocycles. The molecular weight excluding hydrogens is 366 g/mol. The average Bonchev–Trinajstić information content (AvgIpc) is 2.78. The van der Waals surface area contributed by atoms with Gasteiger partial charge in [0, 0.05) is 45.8 Å². The van der Waals surface area contributed by atoms with E-state index in [9.17, 15) is 9.59 Å². The van der Waals surface area contributed by atoms with E-state index in [1.54, 1.807) is 4.57 Å². The van der Waals surface area contributed by atoms with E-state index in [0.29, 0.717) is 18.9 Å². The second-order valence-corrected chi connectivity index (χ2v) is 8.02. The van der Waals surface area contributed by atoms with Gasteiger partial charge in [-0.3, -0.25) is 9.59 Å². The van der Waals surface area contributed by atoms with Crippen molar-refractivity contribution < 1.29 is 4.79 Å². The van der Waals surface area contributed by atoms with E-state index in [1.165, 1.54) is 0 Å². The number of aryl methyl sites for hydroxylation is 1. The molecule has 1 amide bonds. The van der Waals surface area contributed by atoms with Crippen LogP contribution in [0.15, 0.2) is 29.1 Å². The van der Waals surface area contributed by atoms with Crippen LogP contribution >= 0.6 is 0 Å². The van der Waals surface area contributed by atoms with Crippen LogP contribution in [-0.2, 0) is 11.3 Å². The second-order valence-electron chi connectivity index (χ2n) is 8.02. The zero-order valence-electron chi connectivity index (χ0n) is 17.5. The number of hydrogen-bond donors (Lipinski definition) is 0. The number of benzene rings is 1. The molecule has 0 unspecified atom stereocenters. The molecule has 4 rings (SSSR count). The number of carbonyl (C=O) groups excluding carboxylic acids is 1. The summed E-state index contributed by atoms with van der Waals surface area (Å²) < 4.78 is 1.78. The maximum absolute atomic E-state index is 13.1. The van der Waals surface area contributed by atoms with Crippen LogP contribution in [0.5, 0.6) is 0 Å². The minimum atomic E-state index is -0.0594. The van der Waals surface area contributed by atoms with Crippen molar-refractivity contribution in [3.05, 3.63) is 34.6 Å². The molecule has 7 nitrogen and oxygen atoms in total. The molecule has 29 heavy (non-hydrogen) atoms. The van der Waals surface area contributed by atoms with Crippen molar-refractivity contribution in [2.75, 3.05) is 50.7 Å². The summed E-state index contributed by atoms with van der Waals surface area (Å²) in [5.74, 6) is 0.667. The Bertz CT molecular complexity index is 932. The lowest BCUT2D eigenvalue weighted by molar-refractivity contribution is -0.137. The van der Waals surface area contributed by atoms with Gasteiger partial charge in [0.25, 0.3) is 5.56 Å². The monoisotopic (exact) mass is 397 g/mol. The van der Waals surface area contributed by atoms with Crippen molar-refractivity contribution in [3.8, 4) is 0 Å². The number of amides is 1. The highest BCUT2D eigenvalue weighted by Gasteiger charge is 2.32. The molecule has 0 saturated carbocycles. The smallest absolute Gasteiger partial charge is 0.293 e. The van der Waals surface area contributed by atoms with Gasteiger partial charge < -0.3 is 19.3 Å². The summed E-state index contributed by atoms with van der Waals surface area (Å²) in [7, 11) is 0. The molecule has 1 aromatic heterocycles. The Morgan fingerprint density at radius 3 is 2.55 bits per heavy atom. The Kier molecular flexibility index (Phi) is 5.85. The molecule has 0 bridgehead atoms. The van der Waals surface area contributed by atoms with Gasteiger partial charge in [-0.25, -0.2) is 4.98 Å². The van der Waals surface area contributed by atoms with Crippen LogP contribution < -0.4 is 10.5 Å². The third kappa shape index (κ3) is 3.88. The number of anilines is 1. The average molecular weight is 398 g/mol. The molecule has 156 valence electrons. The standard InChI is InChI=1S/C22H31N5O2/c1-3-24-12-14-25(15-13-24)21(28)17-8-7-11-26(16-17)20-22(29)27(4-2)19-10-6-5-9-18(19)23-20/h5-6,9-10,17H,3-4,7-8,11-16H2,1-2H3/t17-/m1/s1. The molecule has 1 aromatic carbocycles. The molecule has 1 atom stereocenters. The third-order valence-electron chi connectivity index (χ3n) is 6.35. The predicted octanol–water partition coefficient (Wildman–Crippen LogP) is 1.80. The number of piperidine rings is 1. The van der Waals surface area contributed by atoms with Crippen LogP contribution in [0.4, 0.5) is 5.82 Å². The first-order valence-electron chi connectivity index (χ1n) is 10.9. The fourth-order valence-electron chi connectivity index (χ4n) is 4.61. The number of fused-ring (bicyclic) bond motifs is 1. The molecule has 2 aliphatic heterocycles. The first kappa shape index (κ1) is 19.9. The van der Waals surface area contributed by atoms with Crippen LogP contribution in [0.3, 0.4) is 0 Å². The highest BCUT2D eigenvalue weighted by molar-refractivity contribution is 5.80. The Morgan fingerprint density at radius 2 is 1.83 bits per heavy atom. The zero-order valence-corrected chi connectivity index (χ0v) is 17.5. The molecule has 0 spiro atoms. The fraction of sp³-hybridized carbons (Fsp3) is 0.591. The van der Waals surface area contributed by atoms with Crippen molar-refractivity contribution in [1.29, 1.82) is 0 Å². The van der Waals surface area contributed by atoms with Crippen LogP contribution in [0.25, 0.3) is 11.0 Å².